The Morgan fingerprint density at radius 2 is 1.95 bits per heavy atom. The maximum Gasteiger partial charge on any atom is 0.288 e. The van der Waals surface area contributed by atoms with E-state index in [0.29, 0.717) is 18.7 Å². The second-order valence-electron chi connectivity index (χ2n) is 5.88. The molecule has 1 aliphatic heterocycles. The number of nitro groups is 1. The molecule has 108 valence electrons. The standard InChI is InChI=1S/C14H17ClN2O3/c1-14(2)5-7-16(8-6-14)13(18)10-3-4-11(15)12(9-10)17(19)20/h3-4,9H,5-8H2,1-2H3. The molecule has 1 aromatic carbocycles. The van der Waals surface area contributed by atoms with Crippen LogP contribution in [0.3, 0.4) is 0 Å². The fraction of sp³-hybridized carbons (Fsp3) is 0.500. The van der Waals surface area contributed by atoms with Crippen LogP contribution in [0.5, 0.6) is 0 Å². The second kappa shape index (κ2) is 5.40. The summed E-state index contributed by atoms with van der Waals surface area (Å²) in [6.07, 6.45) is 1.88. The molecule has 20 heavy (non-hydrogen) atoms. The molecule has 0 aliphatic carbocycles. The Bertz CT molecular complexity index is 547. The minimum Gasteiger partial charge on any atom is -0.339 e. The zero-order valence-corrected chi connectivity index (χ0v) is 12.3. The maximum absolute atomic E-state index is 12.4. The molecular formula is C14H17ClN2O3. The number of carbonyl (C=O) groups excluding carboxylic acids is 1. The van der Waals surface area contributed by atoms with Crippen LogP contribution in [-0.4, -0.2) is 28.8 Å². The summed E-state index contributed by atoms with van der Waals surface area (Å²) in [5, 5.41) is 10.9. The van der Waals surface area contributed by atoms with E-state index < -0.39 is 4.92 Å². The molecule has 1 fully saturated rings. The number of amides is 1. The highest BCUT2D eigenvalue weighted by Gasteiger charge is 2.29. The molecule has 1 aromatic rings. The third-order valence-corrected chi connectivity index (χ3v) is 4.11. The first-order valence-corrected chi connectivity index (χ1v) is 6.91. The number of rotatable bonds is 2. The van der Waals surface area contributed by atoms with Crippen molar-refractivity contribution in [2.24, 2.45) is 5.41 Å². The predicted octanol–water partition coefficient (Wildman–Crippen LogP) is 3.51. The molecule has 0 N–H and O–H groups in total. The average molecular weight is 297 g/mol. The highest BCUT2D eigenvalue weighted by atomic mass is 35.5. The van der Waals surface area contributed by atoms with Gasteiger partial charge in [0, 0.05) is 24.7 Å². The van der Waals surface area contributed by atoms with Crippen molar-refractivity contribution < 1.29 is 9.72 Å². The SMILES string of the molecule is CC1(C)CCN(C(=O)c2ccc(Cl)c([N+](=O)[O-])c2)CC1. The summed E-state index contributed by atoms with van der Waals surface area (Å²) >= 11 is 5.75. The van der Waals surface area contributed by atoms with Crippen LogP contribution >= 0.6 is 11.6 Å². The molecule has 1 aliphatic rings. The molecule has 0 bridgehead atoms. The van der Waals surface area contributed by atoms with E-state index in [9.17, 15) is 14.9 Å². The van der Waals surface area contributed by atoms with Crippen LogP contribution in [0.2, 0.25) is 5.02 Å². The molecule has 5 nitrogen and oxygen atoms in total. The zero-order chi connectivity index (χ0) is 14.9. The van der Waals surface area contributed by atoms with E-state index >= 15 is 0 Å². The number of likely N-dealkylation sites (tertiary alicyclic amines) is 1. The first kappa shape index (κ1) is 14.8. The molecule has 2 rings (SSSR count). The topological polar surface area (TPSA) is 63.5 Å². The first-order chi connectivity index (χ1) is 9.30. The van der Waals surface area contributed by atoms with E-state index in [1.54, 1.807) is 4.90 Å². The first-order valence-electron chi connectivity index (χ1n) is 6.53. The third kappa shape index (κ3) is 3.10. The Balaban J connectivity index is 2.18. The van der Waals surface area contributed by atoms with Gasteiger partial charge in [-0.3, -0.25) is 14.9 Å². The van der Waals surface area contributed by atoms with Gasteiger partial charge in [-0.05, 0) is 30.4 Å². The smallest absolute Gasteiger partial charge is 0.288 e. The van der Waals surface area contributed by atoms with Crippen molar-refractivity contribution in [2.75, 3.05) is 13.1 Å². The van der Waals surface area contributed by atoms with E-state index in [4.69, 9.17) is 11.6 Å². The van der Waals surface area contributed by atoms with E-state index in [1.807, 2.05) is 0 Å². The quantitative estimate of drug-likeness (QED) is 0.619. The van der Waals surface area contributed by atoms with Crippen LogP contribution in [0.1, 0.15) is 37.0 Å². The van der Waals surface area contributed by atoms with Crippen LogP contribution < -0.4 is 0 Å². The summed E-state index contributed by atoms with van der Waals surface area (Å²) in [7, 11) is 0. The number of carbonyl (C=O) groups is 1. The summed E-state index contributed by atoms with van der Waals surface area (Å²) in [4.78, 5) is 24.4. The van der Waals surface area contributed by atoms with Crippen molar-refractivity contribution in [2.45, 2.75) is 26.7 Å². The van der Waals surface area contributed by atoms with Crippen LogP contribution in [0.25, 0.3) is 0 Å². The molecule has 0 aromatic heterocycles. The summed E-state index contributed by atoms with van der Waals surface area (Å²) in [6, 6.07) is 4.20. The molecule has 0 saturated carbocycles. The lowest BCUT2D eigenvalue weighted by Crippen LogP contribution is -2.41. The van der Waals surface area contributed by atoms with Gasteiger partial charge in [0.1, 0.15) is 5.02 Å². The monoisotopic (exact) mass is 296 g/mol. The molecule has 1 amide bonds. The number of benzene rings is 1. The number of nitro benzene ring substituents is 1. The van der Waals surface area contributed by atoms with Gasteiger partial charge < -0.3 is 4.90 Å². The van der Waals surface area contributed by atoms with Gasteiger partial charge in [0.2, 0.25) is 0 Å². The van der Waals surface area contributed by atoms with Gasteiger partial charge in [-0.1, -0.05) is 25.4 Å². The van der Waals surface area contributed by atoms with Gasteiger partial charge in [0.15, 0.2) is 0 Å². The molecule has 0 spiro atoms. The van der Waals surface area contributed by atoms with Gasteiger partial charge in [-0.15, -0.1) is 0 Å². The Kier molecular flexibility index (Phi) is 3.99. The van der Waals surface area contributed by atoms with Crippen molar-refractivity contribution >= 4 is 23.2 Å². The fourth-order valence-electron chi connectivity index (χ4n) is 2.28. The van der Waals surface area contributed by atoms with Gasteiger partial charge in [-0.25, -0.2) is 0 Å². The predicted molar refractivity (Wildman–Crippen MR) is 77.0 cm³/mol. The van der Waals surface area contributed by atoms with Gasteiger partial charge >= 0.3 is 0 Å². The number of hydrogen-bond donors (Lipinski definition) is 0. The van der Waals surface area contributed by atoms with Crippen molar-refractivity contribution in [3.63, 3.8) is 0 Å². The normalized spacial score (nSPS) is 17.9. The average Bonchev–Trinajstić information content (AvgIpc) is 2.38. The maximum atomic E-state index is 12.4. The molecular weight excluding hydrogens is 280 g/mol. The van der Waals surface area contributed by atoms with Crippen molar-refractivity contribution in [1.29, 1.82) is 0 Å². The minimum absolute atomic E-state index is 0.0475. The van der Waals surface area contributed by atoms with E-state index in [0.717, 1.165) is 12.8 Å². The Morgan fingerprint density at radius 3 is 2.50 bits per heavy atom. The lowest BCUT2D eigenvalue weighted by Gasteiger charge is -2.36. The second-order valence-corrected chi connectivity index (χ2v) is 6.29. The molecule has 1 heterocycles. The molecule has 1 saturated heterocycles. The molecule has 0 unspecified atom stereocenters. The highest BCUT2D eigenvalue weighted by Crippen LogP contribution is 2.31. The lowest BCUT2D eigenvalue weighted by molar-refractivity contribution is -0.384. The van der Waals surface area contributed by atoms with Gasteiger partial charge in [-0.2, -0.15) is 0 Å². The molecule has 0 radical (unpaired) electrons. The fourth-order valence-corrected chi connectivity index (χ4v) is 2.47. The van der Waals surface area contributed by atoms with Crippen LogP contribution in [0.15, 0.2) is 18.2 Å². The van der Waals surface area contributed by atoms with Crippen LogP contribution in [-0.2, 0) is 0 Å². The minimum atomic E-state index is -0.571. The Labute approximate surface area is 122 Å². The van der Waals surface area contributed by atoms with Crippen molar-refractivity contribution in [1.82, 2.24) is 4.90 Å². The van der Waals surface area contributed by atoms with E-state index in [1.165, 1.54) is 18.2 Å². The summed E-state index contributed by atoms with van der Waals surface area (Å²) in [6.45, 7) is 5.73. The highest BCUT2D eigenvalue weighted by molar-refractivity contribution is 6.32. The number of piperidine rings is 1. The van der Waals surface area contributed by atoms with Crippen molar-refractivity contribution in [3.05, 3.63) is 38.9 Å². The van der Waals surface area contributed by atoms with E-state index in [-0.39, 0.29) is 22.0 Å². The summed E-state index contributed by atoms with van der Waals surface area (Å²) < 4.78 is 0. The number of halogens is 1. The summed E-state index contributed by atoms with van der Waals surface area (Å²) in [5.74, 6) is -0.166. The Hall–Kier alpha value is -1.62. The van der Waals surface area contributed by atoms with Gasteiger partial charge in [0.25, 0.3) is 11.6 Å². The van der Waals surface area contributed by atoms with Gasteiger partial charge in [0.05, 0.1) is 4.92 Å². The molecule has 6 heteroatoms. The largest absolute Gasteiger partial charge is 0.339 e. The van der Waals surface area contributed by atoms with Crippen molar-refractivity contribution in [3.8, 4) is 0 Å². The van der Waals surface area contributed by atoms with Crippen LogP contribution in [0.4, 0.5) is 5.69 Å². The van der Waals surface area contributed by atoms with E-state index in [2.05, 4.69) is 13.8 Å². The summed E-state index contributed by atoms with van der Waals surface area (Å²) in [5.41, 5.74) is 0.346. The third-order valence-electron chi connectivity index (χ3n) is 3.79. The Morgan fingerprint density at radius 1 is 1.35 bits per heavy atom. The van der Waals surface area contributed by atoms with Crippen LogP contribution in [0, 0.1) is 15.5 Å². The zero-order valence-electron chi connectivity index (χ0n) is 11.6. The lowest BCUT2D eigenvalue weighted by atomic mass is 9.82. The number of nitrogens with zero attached hydrogens (tertiary/aromatic N) is 2. The number of hydrogen-bond acceptors (Lipinski definition) is 3. The molecule has 0 atom stereocenters.